The Bertz CT molecular complexity index is 764. The fourth-order valence-corrected chi connectivity index (χ4v) is 3.11. The minimum Gasteiger partial charge on any atom is -0.352 e. The van der Waals surface area contributed by atoms with Crippen LogP contribution in [0.1, 0.15) is 11.1 Å². The first-order chi connectivity index (χ1) is 11.1. The number of hydrogen-bond donors (Lipinski definition) is 2. The van der Waals surface area contributed by atoms with Crippen molar-refractivity contribution in [3.63, 3.8) is 0 Å². The molecule has 4 nitrogen and oxygen atoms in total. The highest BCUT2D eigenvalue weighted by atomic mass is 32.2. The van der Waals surface area contributed by atoms with Gasteiger partial charge < -0.3 is 10.6 Å². The molecular formula is C17H15FN2O2S. The molecule has 0 aliphatic carbocycles. The quantitative estimate of drug-likeness (QED) is 0.906. The van der Waals surface area contributed by atoms with Crippen LogP contribution in [0.2, 0.25) is 0 Å². The number of benzene rings is 2. The Labute approximate surface area is 137 Å². The second-order valence-corrected chi connectivity index (χ2v) is 6.23. The number of rotatable bonds is 4. The van der Waals surface area contributed by atoms with Crippen molar-refractivity contribution in [1.29, 1.82) is 0 Å². The Hall–Kier alpha value is -2.34. The number of thioether (sulfide) groups is 1. The van der Waals surface area contributed by atoms with Crippen LogP contribution in [0.3, 0.4) is 0 Å². The average molecular weight is 330 g/mol. The predicted octanol–water partition coefficient (Wildman–Crippen LogP) is 2.73. The molecule has 0 bridgehead atoms. The minimum absolute atomic E-state index is 0.0383. The number of halogens is 1. The Balaban J connectivity index is 1.61. The van der Waals surface area contributed by atoms with Crippen LogP contribution in [0.4, 0.5) is 10.1 Å². The molecule has 0 radical (unpaired) electrons. The minimum atomic E-state index is -0.332. The van der Waals surface area contributed by atoms with Crippen LogP contribution in [0.25, 0.3) is 0 Å². The summed E-state index contributed by atoms with van der Waals surface area (Å²) in [5.74, 6) is -0.150. The molecule has 2 amide bonds. The zero-order valence-corrected chi connectivity index (χ0v) is 13.1. The summed E-state index contributed by atoms with van der Waals surface area (Å²) in [7, 11) is 0. The highest BCUT2D eigenvalue weighted by Gasteiger charge is 2.16. The molecule has 0 atom stereocenters. The Kier molecular flexibility index (Phi) is 4.62. The van der Waals surface area contributed by atoms with Crippen molar-refractivity contribution >= 4 is 29.3 Å². The standard InChI is InChI=1S/C17H15FN2O2S/c18-13-4-2-1-3-12(13)9-19-16(21)8-11-5-6-15-14(7-11)20-17(22)10-23-15/h1-7H,8-10H2,(H,19,21)(H,20,22). The first-order valence-corrected chi connectivity index (χ1v) is 8.16. The third-order valence-electron chi connectivity index (χ3n) is 3.48. The van der Waals surface area contributed by atoms with Gasteiger partial charge >= 0.3 is 0 Å². The maximum absolute atomic E-state index is 13.5. The van der Waals surface area contributed by atoms with E-state index in [1.807, 2.05) is 18.2 Å². The first kappa shape index (κ1) is 15.6. The molecule has 0 fully saturated rings. The lowest BCUT2D eigenvalue weighted by atomic mass is 10.1. The van der Waals surface area contributed by atoms with Crippen molar-refractivity contribution in [2.45, 2.75) is 17.9 Å². The average Bonchev–Trinajstić information content (AvgIpc) is 2.54. The highest BCUT2D eigenvalue weighted by Crippen LogP contribution is 2.32. The van der Waals surface area contributed by atoms with Gasteiger partial charge in [0, 0.05) is 17.0 Å². The van der Waals surface area contributed by atoms with Crippen molar-refractivity contribution in [3.05, 3.63) is 59.4 Å². The van der Waals surface area contributed by atoms with Crippen molar-refractivity contribution < 1.29 is 14.0 Å². The number of carbonyl (C=O) groups is 2. The number of anilines is 1. The maximum Gasteiger partial charge on any atom is 0.234 e. The number of hydrogen-bond acceptors (Lipinski definition) is 3. The van der Waals surface area contributed by atoms with Gasteiger partial charge in [-0.15, -0.1) is 11.8 Å². The van der Waals surface area contributed by atoms with Crippen LogP contribution in [0.15, 0.2) is 47.4 Å². The van der Waals surface area contributed by atoms with Crippen LogP contribution in [-0.2, 0) is 22.6 Å². The van der Waals surface area contributed by atoms with Crippen LogP contribution in [0, 0.1) is 5.82 Å². The zero-order chi connectivity index (χ0) is 16.2. The summed E-state index contributed by atoms with van der Waals surface area (Å²) in [5, 5.41) is 5.50. The lowest BCUT2D eigenvalue weighted by molar-refractivity contribution is -0.120. The summed E-state index contributed by atoms with van der Waals surface area (Å²) >= 11 is 1.48. The van der Waals surface area contributed by atoms with Gasteiger partial charge in [-0.25, -0.2) is 4.39 Å². The van der Waals surface area contributed by atoms with E-state index in [1.165, 1.54) is 17.8 Å². The molecule has 0 aromatic heterocycles. The van der Waals surface area contributed by atoms with Gasteiger partial charge in [0.25, 0.3) is 0 Å². The molecule has 1 aliphatic rings. The van der Waals surface area contributed by atoms with E-state index >= 15 is 0 Å². The van der Waals surface area contributed by atoms with Crippen molar-refractivity contribution in [2.24, 2.45) is 0 Å². The molecule has 118 valence electrons. The van der Waals surface area contributed by atoms with E-state index in [1.54, 1.807) is 18.2 Å². The number of amides is 2. The van der Waals surface area contributed by atoms with E-state index in [2.05, 4.69) is 10.6 Å². The molecule has 2 N–H and O–H groups in total. The molecular weight excluding hydrogens is 315 g/mol. The van der Waals surface area contributed by atoms with E-state index in [0.717, 1.165) is 16.1 Å². The lowest BCUT2D eigenvalue weighted by Crippen LogP contribution is -2.25. The largest absolute Gasteiger partial charge is 0.352 e. The highest BCUT2D eigenvalue weighted by molar-refractivity contribution is 8.00. The van der Waals surface area contributed by atoms with Gasteiger partial charge in [0.05, 0.1) is 17.9 Å². The Morgan fingerprint density at radius 1 is 1.26 bits per heavy atom. The molecule has 6 heteroatoms. The van der Waals surface area contributed by atoms with E-state index in [9.17, 15) is 14.0 Å². The Morgan fingerprint density at radius 3 is 2.91 bits per heavy atom. The van der Waals surface area contributed by atoms with Gasteiger partial charge in [-0.2, -0.15) is 0 Å². The van der Waals surface area contributed by atoms with Crippen molar-refractivity contribution in [1.82, 2.24) is 5.32 Å². The summed E-state index contributed by atoms with van der Waals surface area (Å²) in [5.41, 5.74) is 2.00. The zero-order valence-electron chi connectivity index (χ0n) is 12.3. The molecule has 23 heavy (non-hydrogen) atoms. The number of nitrogens with one attached hydrogen (secondary N) is 2. The monoisotopic (exact) mass is 330 g/mol. The third-order valence-corrected chi connectivity index (χ3v) is 4.55. The fraction of sp³-hybridized carbons (Fsp3) is 0.176. The maximum atomic E-state index is 13.5. The van der Waals surface area contributed by atoms with Crippen LogP contribution in [-0.4, -0.2) is 17.6 Å². The Morgan fingerprint density at radius 2 is 2.09 bits per heavy atom. The summed E-state index contributed by atoms with van der Waals surface area (Å²) in [4.78, 5) is 24.4. The third kappa shape index (κ3) is 3.90. The second kappa shape index (κ2) is 6.83. The molecule has 1 aliphatic heterocycles. The molecule has 2 aromatic carbocycles. The van der Waals surface area contributed by atoms with E-state index in [4.69, 9.17) is 0 Å². The topological polar surface area (TPSA) is 58.2 Å². The van der Waals surface area contributed by atoms with Gasteiger partial charge in [-0.3, -0.25) is 9.59 Å². The van der Waals surface area contributed by atoms with Gasteiger partial charge in [-0.05, 0) is 23.8 Å². The van der Waals surface area contributed by atoms with Gasteiger partial charge in [-0.1, -0.05) is 24.3 Å². The normalized spacial score (nSPS) is 13.2. The molecule has 1 heterocycles. The molecule has 0 saturated carbocycles. The van der Waals surface area contributed by atoms with Crippen LogP contribution >= 0.6 is 11.8 Å². The van der Waals surface area contributed by atoms with Gasteiger partial charge in [0.2, 0.25) is 11.8 Å². The fourth-order valence-electron chi connectivity index (χ4n) is 2.32. The van der Waals surface area contributed by atoms with Gasteiger partial charge in [0.15, 0.2) is 0 Å². The van der Waals surface area contributed by atoms with Crippen molar-refractivity contribution in [3.8, 4) is 0 Å². The van der Waals surface area contributed by atoms with E-state index in [-0.39, 0.29) is 30.6 Å². The number of fused-ring (bicyclic) bond motifs is 1. The summed E-state index contributed by atoms with van der Waals surface area (Å²) < 4.78 is 13.5. The summed E-state index contributed by atoms with van der Waals surface area (Å²) in [6.45, 7) is 0.156. The van der Waals surface area contributed by atoms with Gasteiger partial charge in [0.1, 0.15) is 5.82 Å². The smallest absolute Gasteiger partial charge is 0.234 e. The lowest BCUT2D eigenvalue weighted by Gasteiger charge is -2.17. The summed E-state index contributed by atoms with van der Waals surface area (Å²) in [6, 6.07) is 11.9. The van der Waals surface area contributed by atoms with Crippen molar-refractivity contribution in [2.75, 3.05) is 11.1 Å². The molecule has 0 unspecified atom stereocenters. The molecule has 0 saturated heterocycles. The van der Waals surface area contributed by atoms with E-state index < -0.39 is 0 Å². The molecule has 0 spiro atoms. The molecule has 2 aromatic rings. The van der Waals surface area contributed by atoms with E-state index in [0.29, 0.717) is 11.3 Å². The second-order valence-electron chi connectivity index (χ2n) is 5.21. The predicted molar refractivity (Wildman–Crippen MR) is 87.7 cm³/mol. The van der Waals surface area contributed by atoms with Crippen LogP contribution in [0.5, 0.6) is 0 Å². The molecule has 3 rings (SSSR count). The number of carbonyl (C=O) groups excluding carboxylic acids is 2. The van der Waals surface area contributed by atoms with Crippen LogP contribution < -0.4 is 10.6 Å². The summed E-state index contributed by atoms with van der Waals surface area (Å²) in [6.07, 6.45) is 0.183. The first-order valence-electron chi connectivity index (χ1n) is 7.17. The SMILES string of the molecule is O=C(Cc1ccc2c(c1)NC(=O)CS2)NCc1ccccc1F.